The van der Waals surface area contributed by atoms with Crippen LogP contribution < -0.4 is 10.2 Å². The van der Waals surface area contributed by atoms with Crippen molar-refractivity contribution < 1.29 is 4.42 Å². The topological polar surface area (TPSA) is 84.4 Å². The first kappa shape index (κ1) is 24.1. The van der Waals surface area contributed by atoms with E-state index < -0.39 is 0 Å². The second-order valence-electron chi connectivity index (χ2n) is 10.1. The van der Waals surface area contributed by atoms with Crippen LogP contribution in [0.2, 0.25) is 0 Å². The van der Waals surface area contributed by atoms with Gasteiger partial charge >= 0.3 is 0 Å². The van der Waals surface area contributed by atoms with Crippen molar-refractivity contribution in [3.8, 4) is 5.00 Å². The van der Waals surface area contributed by atoms with Crippen molar-refractivity contribution in [3.63, 3.8) is 0 Å². The predicted molar refractivity (Wildman–Crippen MR) is 147 cm³/mol. The van der Waals surface area contributed by atoms with Gasteiger partial charge in [0.15, 0.2) is 11.7 Å². The zero-order valence-electron chi connectivity index (χ0n) is 21.9. The summed E-state index contributed by atoms with van der Waals surface area (Å²) in [7, 11) is 2.04. The van der Waals surface area contributed by atoms with Crippen molar-refractivity contribution in [1.82, 2.24) is 25.1 Å². The van der Waals surface area contributed by atoms with Crippen LogP contribution in [-0.2, 0) is 6.42 Å². The lowest BCUT2D eigenvalue weighted by Crippen LogP contribution is -2.39. The van der Waals surface area contributed by atoms with Crippen LogP contribution in [0.3, 0.4) is 0 Å². The van der Waals surface area contributed by atoms with Crippen molar-refractivity contribution >= 4 is 22.7 Å². The van der Waals surface area contributed by atoms with E-state index in [-0.39, 0.29) is 6.04 Å². The third kappa shape index (κ3) is 4.40. The number of aromatic nitrogens is 4. The van der Waals surface area contributed by atoms with Crippen LogP contribution in [0.4, 0.5) is 5.69 Å². The zero-order valence-corrected chi connectivity index (χ0v) is 22.7. The molecular formula is C28H33N7OS. The second-order valence-corrected chi connectivity index (χ2v) is 11.3. The number of thiophene rings is 1. The molecule has 9 heteroatoms. The summed E-state index contributed by atoms with van der Waals surface area (Å²) in [6, 6.07) is 8.72. The number of aryl methyl sites for hydroxylation is 2. The molecule has 1 saturated heterocycles. The fourth-order valence-electron chi connectivity index (χ4n) is 5.63. The first-order valence-corrected chi connectivity index (χ1v) is 13.8. The maximum absolute atomic E-state index is 5.60. The number of aliphatic imine (C=N–C) groups is 1. The Bertz CT molecular complexity index is 1420. The van der Waals surface area contributed by atoms with Gasteiger partial charge in [-0.3, -0.25) is 9.56 Å². The summed E-state index contributed by atoms with van der Waals surface area (Å²) in [6.45, 7) is 9.65. The van der Waals surface area contributed by atoms with Crippen LogP contribution in [0, 0.1) is 26.7 Å². The van der Waals surface area contributed by atoms with E-state index in [4.69, 9.17) is 9.41 Å². The number of hydrogen-bond donors (Lipinski definition) is 1. The molecule has 1 fully saturated rings. The molecule has 0 bridgehead atoms. The third-order valence-electron chi connectivity index (χ3n) is 7.61. The van der Waals surface area contributed by atoms with Crippen molar-refractivity contribution in [2.24, 2.45) is 10.9 Å². The van der Waals surface area contributed by atoms with Crippen LogP contribution in [0.15, 0.2) is 46.1 Å². The molecule has 0 amide bonds. The van der Waals surface area contributed by atoms with E-state index in [1.807, 2.05) is 14.0 Å². The molecule has 4 aromatic rings. The Morgan fingerprint density at radius 2 is 1.97 bits per heavy atom. The molecule has 37 heavy (non-hydrogen) atoms. The number of nitrogens with zero attached hydrogens (tertiary/aromatic N) is 6. The van der Waals surface area contributed by atoms with Gasteiger partial charge in [0.05, 0.1) is 18.3 Å². The molecule has 0 aliphatic carbocycles. The Hall–Kier alpha value is -3.30. The van der Waals surface area contributed by atoms with Crippen LogP contribution in [0.5, 0.6) is 0 Å². The Morgan fingerprint density at radius 3 is 2.73 bits per heavy atom. The lowest BCUT2D eigenvalue weighted by atomic mass is 9.96. The molecule has 8 nitrogen and oxygen atoms in total. The molecule has 3 aromatic heterocycles. The molecule has 0 spiro atoms. The lowest BCUT2D eigenvalue weighted by Gasteiger charge is -2.34. The highest BCUT2D eigenvalue weighted by Gasteiger charge is 2.32. The Balaban J connectivity index is 1.42. The molecule has 1 N–H and O–H groups in total. The molecule has 0 saturated carbocycles. The van der Waals surface area contributed by atoms with Gasteiger partial charge in [-0.25, -0.2) is 4.98 Å². The summed E-state index contributed by atoms with van der Waals surface area (Å²) in [4.78, 5) is 13.5. The number of oxazole rings is 1. The minimum Gasteiger partial charge on any atom is -0.449 e. The lowest BCUT2D eigenvalue weighted by molar-refractivity contribution is 0.403. The van der Waals surface area contributed by atoms with Crippen LogP contribution in [0.1, 0.15) is 58.0 Å². The van der Waals surface area contributed by atoms with Gasteiger partial charge in [-0.1, -0.05) is 12.1 Å². The number of rotatable bonds is 6. The minimum atomic E-state index is -0.252. The van der Waals surface area contributed by atoms with Crippen molar-refractivity contribution in [2.45, 2.75) is 46.1 Å². The fourth-order valence-corrected chi connectivity index (χ4v) is 6.84. The summed E-state index contributed by atoms with van der Waals surface area (Å²) in [6.07, 6.45) is 6.34. The van der Waals surface area contributed by atoms with E-state index in [9.17, 15) is 0 Å². The number of piperidine rings is 1. The van der Waals surface area contributed by atoms with Gasteiger partial charge in [0.2, 0.25) is 0 Å². The standard InChI is InChI=1S/C28H33N7OS/c1-17-18(2)37-28-25(17)26(21-7-9-22(10-8-21)34-12-5-6-20(16-34)15-29-4)31-23(14-24-30-11-13-36-24)27-33-32-19(3)35(27)28/h7-11,13,20,23,29H,5-6,12,14-16H2,1-4H3. The quantitative estimate of drug-likeness (QED) is 0.397. The molecule has 192 valence electrons. The monoisotopic (exact) mass is 515 g/mol. The van der Waals surface area contributed by atoms with Crippen molar-refractivity contribution in [2.75, 3.05) is 31.6 Å². The van der Waals surface area contributed by atoms with Crippen LogP contribution in [-0.4, -0.2) is 52.1 Å². The summed E-state index contributed by atoms with van der Waals surface area (Å²) >= 11 is 1.78. The average molecular weight is 516 g/mol. The number of nitrogens with one attached hydrogen (secondary N) is 1. The van der Waals surface area contributed by atoms with Crippen molar-refractivity contribution in [1.29, 1.82) is 0 Å². The van der Waals surface area contributed by atoms with E-state index in [0.717, 1.165) is 47.6 Å². The smallest absolute Gasteiger partial charge is 0.196 e. The number of fused-ring (bicyclic) bond motifs is 3. The predicted octanol–water partition coefficient (Wildman–Crippen LogP) is 4.81. The molecule has 1 aromatic carbocycles. The van der Waals surface area contributed by atoms with Crippen LogP contribution in [0.25, 0.3) is 5.00 Å². The van der Waals surface area contributed by atoms with Gasteiger partial charge in [-0.2, -0.15) is 0 Å². The van der Waals surface area contributed by atoms with Gasteiger partial charge in [0.25, 0.3) is 0 Å². The Kier molecular flexibility index (Phi) is 6.42. The molecule has 6 rings (SSSR count). The largest absolute Gasteiger partial charge is 0.449 e. The summed E-state index contributed by atoms with van der Waals surface area (Å²) < 4.78 is 7.78. The van der Waals surface area contributed by atoms with Crippen LogP contribution >= 0.6 is 11.3 Å². The second kappa shape index (κ2) is 9.87. The first-order valence-electron chi connectivity index (χ1n) is 13.0. The first-order chi connectivity index (χ1) is 18.0. The van der Waals surface area contributed by atoms with Gasteiger partial charge in [-0.15, -0.1) is 21.5 Å². The highest BCUT2D eigenvalue weighted by atomic mass is 32.1. The molecule has 2 unspecified atom stereocenters. The van der Waals surface area contributed by atoms with E-state index in [1.54, 1.807) is 23.8 Å². The number of anilines is 1. The van der Waals surface area contributed by atoms with Crippen molar-refractivity contribution in [3.05, 3.63) is 75.8 Å². The van der Waals surface area contributed by atoms with Gasteiger partial charge in [0, 0.05) is 34.8 Å². The molecule has 2 atom stereocenters. The minimum absolute atomic E-state index is 0.252. The molecular weight excluding hydrogens is 482 g/mol. The van der Waals surface area contributed by atoms with E-state index in [1.165, 1.54) is 34.5 Å². The maximum Gasteiger partial charge on any atom is 0.196 e. The molecule has 2 aliphatic rings. The van der Waals surface area contributed by atoms with Gasteiger partial charge < -0.3 is 14.6 Å². The Labute approximate surface area is 221 Å². The molecule has 2 aliphatic heterocycles. The zero-order chi connectivity index (χ0) is 25.5. The van der Waals surface area contributed by atoms with Gasteiger partial charge in [-0.05, 0) is 70.8 Å². The SMILES string of the molecule is CNCC1CCCN(c2ccc(C3=NC(Cc4ncco4)c4nnc(C)n4-c4sc(C)c(C)c43)cc2)C1. The molecule has 0 radical (unpaired) electrons. The normalized spacial score (nSPS) is 19.4. The molecule has 5 heterocycles. The summed E-state index contributed by atoms with van der Waals surface area (Å²) in [5.74, 6) is 3.03. The van der Waals surface area contributed by atoms with E-state index in [0.29, 0.717) is 18.2 Å². The summed E-state index contributed by atoms with van der Waals surface area (Å²) in [5, 5.41) is 13.5. The van der Waals surface area contributed by atoms with E-state index >= 15 is 0 Å². The maximum atomic E-state index is 5.60. The summed E-state index contributed by atoms with van der Waals surface area (Å²) in [5.41, 5.74) is 5.81. The highest BCUT2D eigenvalue weighted by Crippen LogP contribution is 2.39. The Morgan fingerprint density at radius 1 is 1.14 bits per heavy atom. The fraction of sp³-hybridized carbons (Fsp3) is 0.429. The van der Waals surface area contributed by atoms with Gasteiger partial charge in [0.1, 0.15) is 23.1 Å². The third-order valence-corrected chi connectivity index (χ3v) is 8.80. The number of hydrogen-bond acceptors (Lipinski definition) is 8. The highest BCUT2D eigenvalue weighted by molar-refractivity contribution is 7.15. The average Bonchev–Trinajstić information content (AvgIpc) is 3.60. The number of benzene rings is 1. The van der Waals surface area contributed by atoms with E-state index in [2.05, 4.69) is 68.1 Å².